The highest BCUT2D eigenvalue weighted by molar-refractivity contribution is 6.03. The van der Waals surface area contributed by atoms with Gasteiger partial charge in [-0.15, -0.1) is 0 Å². The molecule has 0 saturated carbocycles. The number of hydrogen-bond acceptors (Lipinski definition) is 5. The second-order valence-electron chi connectivity index (χ2n) is 7.52. The fourth-order valence-electron chi connectivity index (χ4n) is 4.30. The Morgan fingerprint density at radius 3 is 2.86 bits per heavy atom. The number of nitrogens with one attached hydrogen (secondary N) is 1. The van der Waals surface area contributed by atoms with Crippen LogP contribution >= 0.6 is 0 Å². The van der Waals surface area contributed by atoms with E-state index in [1.54, 1.807) is 25.1 Å². The van der Waals surface area contributed by atoms with Crippen molar-refractivity contribution in [1.82, 2.24) is 5.32 Å². The molecular weight excluding hydrogens is 361 g/mol. The maximum absolute atomic E-state index is 14.7. The Morgan fingerprint density at radius 2 is 2.11 bits per heavy atom. The SMILES string of the molecule is CC1=C(C(=O)OC[C@H]2CCCO2)[C@@H](c2ccccc2F)C2=C(CCCC2=O)N1. The van der Waals surface area contributed by atoms with E-state index in [-0.39, 0.29) is 18.5 Å². The molecule has 1 saturated heterocycles. The molecule has 1 N–H and O–H groups in total. The number of esters is 1. The van der Waals surface area contributed by atoms with Crippen molar-refractivity contribution in [3.05, 3.63) is 58.2 Å². The van der Waals surface area contributed by atoms with Gasteiger partial charge in [-0.3, -0.25) is 4.79 Å². The number of rotatable bonds is 4. The summed E-state index contributed by atoms with van der Waals surface area (Å²) in [5.74, 6) is -1.75. The summed E-state index contributed by atoms with van der Waals surface area (Å²) in [5, 5.41) is 3.21. The molecule has 0 radical (unpaired) electrons. The van der Waals surface area contributed by atoms with Crippen LogP contribution in [0.25, 0.3) is 0 Å². The van der Waals surface area contributed by atoms with Crippen molar-refractivity contribution in [3.63, 3.8) is 0 Å². The quantitative estimate of drug-likeness (QED) is 0.804. The van der Waals surface area contributed by atoms with E-state index >= 15 is 0 Å². The van der Waals surface area contributed by atoms with Gasteiger partial charge in [-0.1, -0.05) is 18.2 Å². The number of hydrogen-bond donors (Lipinski definition) is 1. The molecule has 2 heterocycles. The smallest absolute Gasteiger partial charge is 0.336 e. The molecule has 1 fully saturated rings. The number of benzene rings is 1. The van der Waals surface area contributed by atoms with Crippen LogP contribution in [0.1, 0.15) is 50.5 Å². The predicted octanol–water partition coefficient (Wildman–Crippen LogP) is 3.52. The average molecular weight is 385 g/mol. The third kappa shape index (κ3) is 3.49. The van der Waals surface area contributed by atoms with Gasteiger partial charge in [0.1, 0.15) is 12.4 Å². The van der Waals surface area contributed by atoms with Crippen molar-refractivity contribution in [3.8, 4) is 0 Å². The lowest BCUT2D eigenvalue weighted by molar-refractivity contribution is -0.142. The van der Waals surface area contributed by atoms with E-state index in [4.69, 9.17) is 9.47 Å². The molecule has 0 unspecified atom stereocenters. The van der Waals surface area contributed by atoms with Gasteiger partial charge in [0.2, 0.25) is 0 Å². The van der Waals surface area contributed by atoms with Crippen molar-refractivity contribution in [2.75, 3.05) is 13.2 Å². The van der Waals surface area contributed by atoms with E-state index in [1.165, 1.54) is 6.07 Å². The molecule has 6 heteroatoms. The summed E-state index contributed by atoms with van der Waals surface area (Å²) in [6.45, 7) is 2.62. The number of ether oxygens (including phenoxy) is 2. The molecule has 2 aliphatic heterocycles. The van der Waals surface area contributed by atoms with Crippen molar-refractivity contribution in [1.29, 1.82) is 0 Å². The summed E-state index contributed by atoms with van der Waals surface area (Å²) in [6.07, 6.45) is 3.58. The zero-order valence-electron chi connectivity index (χ0n) is 15.9. The molecule has 148 valence electrons. The molecule has 0 bridgehead atoms. The lowest BCUT2D eigenvalue weighted by Gasteiger charge is -2.34. The third-order valence-electron chi connectivity index (χ3n) is 5.64. The summed E-state index contributed by atoms with van der Waals surface area (Å²) < 4.78 is 25.7. The summed E-state index contributed by atoms with van der Waals surface area (Å²) in [5.41, 5.74) is 2.52. The summed E-state index contributed by atoms with van der Waals surface area (Å²) >= 11 is 0. The van der Waals surface area contributed by atoms with Crippen molar-refractivity contribution in [2.24, 2.45) is 0 Å². The average Bonchev–Trinajstić information content (AvgIpc) is 3.19. The van der Waals surface area contributed by atoms with Gasteiger partial charge in [0.05, 0.1) is 17.6 Å². The van der Waals surface area contributed by atoms with Crippen molar-refractivity contribution < 1.29 is 23.5 Å². The Hall–Kier alpha value is -2.47. The summed E-state index contributed by atoms with van der Waals surface area (Å²) in [4.78, 5) is 25.8. The van der Waals surface area contributed by atoms with Crippen LogP contribution in [-0.4, -0.2) is 31.1 Å². The number of carbonyl (C=O) groups is 2. The van der Waals surface area contributed by atoms with Crippen LogP contribution in [-0.2, 0) is 19.1 Å². The van der Waals surface area contributed by atoms with Crippen molar-refractivity contribution in [2.45, 2.75) is 51.0 Å². The fourth-order valence-corrected chi connectivity index (χ4v) is 4.30. The first kappa shape index (κ1) is 18.9. The van der Waals surface area contributed by atoms with Gasteiger partial charge >= 0.3 is 5.97 Å². The van der Waals surface area contributed by atoms with Gasteiger partial charge in [0.25, 0.3) is 0 Å². The Morgan fingerprint density at radius 1 is 1.29 bits per heavy atom. The van der Waals surface area contributed by atoms with Crippen LogP contribution in [0.2, 0.25) is 0 Å². The molecule has 3 aliphatic rings. The number of dihydropyridines is 1. The minimum absolute atomic E-state index is 0.0427. The van der Waals surface area contributed by atoms with Crippen LogP contribution in [0.3, 0.4) is 0 Å². The van der Waals surface area contributed by atoms with Gasteiger partial charge in [-0.25, -0.2) is 9.18 Å². The topological polar surface area (TPSA) is 64.6 Å². The van der Waals surface area contributed by atoms with E-state index in [2.05, 4.69) is 5.32 Å². The normalized spacial score (nSPS) is 24.9. The van der Waals surface area contributed by atoms with E-state index in [9.17, 15) is 14.0 Å². The second kappa shape index (κ2) is 7.87. The molecule has 0 aromatic heterocycles. The number of ketones is 1. The molecule has 0 amide bonds. The Bertz CT molecular complexity index is 867. The maximum Gasteiger partial charge on any atom is 0.336 e. The van der Waals surface area contributed by atoms with E-state index in [1.807, 2.05) is 0 Å². The summed E-state index contributed by atoms with van der Waals surface area (Å²) in [7, 11) is 0. The molecule has 1 aliphatic carbocycles. The molecule has 0 spiro atoms. The highest BCUT2D eigenvalue weighted by atomic mass is 19.1. The minimum atomic E-state index is -0.748. The van der Waals surface area contributed by atoms with Gasteiger partial charge in [-0.2, -0.15) is 0 Å². The molecule has 1 aromatic carbocycles. The van der Waals surface area contributed by atoms with Gasteiger partial charge in [0, 0.05) is 35.6 Å². The lowest BCUT2D eigenvalue weighted by atomic mass is 9.75. The van der Waals surface area contributed by atoms with Gasteiger partial charge in [0.15, 0.2) is 5.78 Å². The molecule has 28 heavy (non-hydrogen) atoms. The second-order valence-corrected chi connectivity index (χ2v) is 7.52. The van der Waals surface area contributed by atoms with E-state index in [0.717, 1.165) is 25.0 Å². The zero-order valence-corrected chi connectivity index (χ0v) is 15.9. The number of carbonyl (C=O) groups excluding carboxylic acids is 2. The number of halogens is 1. The molecule has 5 nitrogen and oxygen atoms in total. The van der Waals surface area contributed by atoms with Crippen molar-refractivity contribution >= 4 is 11.8 Å². The Kier molecular flexibility index (Phi) is 5.31. The Labute approximate surface area is 163 Å². The highest BCUT2D eigenvalue weighted by Crippen LogP contribution is 2.43. The van der Waals surface area contributed by atoms with Gasteiger partial charge < -0.3 is 14.8 Å². The number of allylic oxidation sites excluding steroid dienone is 3. The molecule has 2 atom stereocenters. The fraction of sp³-hybridized carbons (Fsp3) is 0.455. The maximum atomic E-state index is 14.7. The highest BCUT2D eigenvalue weighted by Gasteiger charge is 2.40. The third-order valence-corrected chi connectivity index (χ3v) is 5.64. The van der Waals surface area contributed by atoms with E-state index in [0.29, 0.717) is 41.9 Å². The predicted molar refractivity (Wildman–Crippen MR) is 101 cm³/mol. The first-order chi connectivity index (χ1) is 13.6. The van der Waals surface area contributed by atoms with Crippen LogP contribution in [0, 0.1) is 5.82 Å². The molecular formula is C22H24FNO4. The van der Waals surface area contributed by atoms with Crippen LogP contribution in [0.4, 0.5) is 4.39 Å². The van der Waals surface area contributed by atoms with Gasteiger partial charge in [-0.05, 0) is 38.7 Å². The molecule has 1 aromatic rings. The van der Waals surface area contributed by atoms with Crippen LogP contribution < -0.4 is 5.32 Å². The summed E-state index contributed by atoms with van der Waals surface area (Å²) in [6, 6.07) is 6.32. The first-order valence-corrected chi connectivity index (χ1v) is 9.83. The molecule has 4 rings (SSSR count). The standard InChI is InChI=1S/C22H24FNO4/c1-13-19(22(26)28-12-14-6-5-11-27-14)20(15-7-2-3-8-16(15)23)21-17(24-13)9-4-10-18(21)25/h2-3,7-8,14,20,24H,4-6,9-12H2,1H3/t14-,20-/m1/s1. The monoisotopic (exact) mass is 385 g/mol. The van der Waals surface area contributed by atoms with E-state index < -0.39 is 17.7 Å². The number of Topliss-reactive ketones (excluding diaryl/α,β-unsaturated/α-hetero) is 1. The first-order valence-electron chi connectivity index (χ1n) is 9.83. The minimum Gasteiger partial charge on any atom is -0.459 e. The largest absolute Gasteiger partial charge is 0.459 e. The zero-order chi connectivity index (χ0) is 19.7. The van der Waals surface area contributed by atoms with Crippen LogP contribution in [0.5, 0.6) is 0 Å². The lowest BCUT2D eigenvalue weighted by Crippen LogP contribution is -2.35. The Balaban J connectivity index is 1.71. The van der Waals surface area contributed by atoms with Crippen LogP contribution in [0.15, 0.2) is 46.8 Å².